The Hall–Kier alpha value is -1.43. The van der Waals surface area contributed by atoms with Gasteiger partial charge in [-0.05, 0) is 62.3 Å². The van der Waals surface area contributed by atoms with Crippen LogP contribution in [0.5, 0.6) is 0 Å². The van der Waals surface area contributed by atoms with Gasteiger partial charge in [-0.3, -0.25) is 0 Å². The minimum Gasteiger partial charge on any atom is -0.228 e. The summed E-state index contributed by atoms with van der Waals surface area (Å²) < 4.78 is 0. The molecule has 0 atom stereocenters. The molecule has 4 bridgehead atoms. The summed E-state index contributed by atoms with van der Waals surface area (Å²) in [5.74, 6) is 3.08. The van der Waals surface area contributed by atoms with Crippen LogP contribution in [0.25, 0.3) is 0 Å². The minimum absolute atomic E-state index is 0.281. The maximum Gasteiger partial charge on any atom is 0.232 e. The van der Waals surface area contributed by atoms with Crippen molar-refractivity contribution < 1.29 is 0 Å². The quantitative estimate of drug-likeness (QED) is 0.757. The largest absolute Gasteiger partial charge is 0.232 e. The molecule has 1 aromatic heterocycles. The molecule has 0 aromatic carbocycles. The van der Waals surface area contributed by atoms with Crippen molar-refractivity contribution in [2.75, 3.05) is 0 Å². The maximum absolute atomic E-state index is 8.97. The molecule has 4 aliphatic carbocycles. The van der Waals surface area contributed by atoms with Gasteiger partial charge in [0.15, 0.2) is 0 Å². The smallest absolute Gasteiger partial charge is 0.228 e. The van der Waals surface area contributed by atoms with E-state index in [1.165, 1.54) is 38.5 Å². The highest BCUT2D eigenvalue weighted by molar-refractivity contribution is 5.24. The average molecular weight is 239 g/mol. The van der Waals surface area contributed by atoms with Gasteiger partial charge in [0, 0.05) is 11.6 Å². The van der Waals surface area contributed by atoms with Crippen molar-refractivity contribution in [1.82, 2.24) is 9.97 Å². The molecule has 1 aromatic rings. The summed E-state index contributed by atoms with van der Waals surface area (Å²) >= 11 is 0. The molecule has 4 fully saturated rings. The van der Waals surface area contributed by atoms with Crippen molar-refractivity contribution in [3.05, 3.63) is 23.8 Å². The molecule has 4 saturated carbocycles. The molecule has 0 amide bonds. The second-order valence-corrected chi connectivity index (χ2v) is 6.58. The van der Waals surface area contributed by atoms with E-state index in [2.05, 4.69) is 16.0 Å². The first-order chi connectivity index (χ1) is 8.77. The Morgan fingerprint density at radius 2 is 1.72 bits per heavy atom. The molecule has 0 aliphatic heterocycles. The summed E-state index contributed by atoms with van der Waals surface area (Å²) in [5, 5.41) is 8.97. The lowest BCUT2D eigenvalue weighted by Crippen LogP contribution is -2.49. The van der Waals surface area contributed by atoms with Crippen LogP contribution in [0, 0.1) is 29.1 Å². The van der Waals surface area contributed by atoms with Gasteiger partial charge in [0.2, 0.25) is 5.82 Å². The number of aromatic nitrogens is 2. The fraction of sp³-hybridized carbons (Fsp3) is 0.667. The normalized spacial score (nSPS) is 40.7. The molecule has 0 saturated heterocycles. The third kappa shape index (κ3) is 1.41. The SMILES string of the molecule is N#Cc1nccc(C23CC4CC(CC(C4)C2)C3)n1. The topological polar surface area (TPSA) is 49.6 Å². The third-order valence-electron chi connectivity index (χ3n) is 5.34. The highest BCUT2D eigenvalue weighted by atomic mass is 14.9. The van der Waals surface area contributed by atoms with Gasteiger partial charge in [0.05, 0.1) is 5.69 Å². The maximum atomic E-state index is 8.97. The second kappa shape index (κ2) is 3.54. The second-order valence-electron chi connectivity index (χ2n) is 6.58. The monoisotopic (exact) mass is 239 g/mol. The Kier molecular flexibility index (Phi) is 2.06. The van der Waals surface area contributed by atoms with Crippen LogP contribution in [0.15, 0.2) is 12.3 Å². The van der Waals surface area contributed by atoms with Crippen LogP contribution in [-0.4, -0.2) is 9.97 Å². The average Bonchev–Trinajstić information content (AvgIpc) is 2.37. The Morgan fingerprint density at radius 3 is 2.28 bits per heavy atom. The van der Waals surface area contributed by atoms with Crippen molar-refractivity contribution in [1.29, 1.82) is 5.26 Å². The Balaban J connectivity index is 1.77. The van der Waals surface area contributed by atoms with Gasteiger partial charge < -0.3 is 0 Å². The van der Waals surface area contributed by atoms with E-state index >= 15 is 0 Å². The predicted molar refractivity (Wildman–Crippen MR) is 66.6 cm³/mol. The van der Waals surface area contributed by atoms with E-state index in [0.29, 0.717) is 5.82 Å². The summed E-state index contributed by atoms with van der Waals surface area (Å²) in [7, 11) is 0. The summed E-state index contributed by atoms with van der Waals surface area (Å²) in [5.41, 5.74) is 1.43. The number of rotatable bonds is 1. The highest BCUT2D eigenvalue weighted by Gasteiger charge is 2.52. The zero-order valence-corrected chi connectivity index (χ0v) is 10.5. The Bertz CT molecular complexity index is 494. The first kappa shape index (κ1) is 10.5. The van der Waals surface area contributed by atoms with E-state index < -0.39 is 0 Å². The molecule has 1 heterocycles. The van der Waals surface area contributed by atoms with E-state index in [1.807, 2.05) is 6.07 Å². The van der Waals surface area contributed by atoms with Gasteiger partial charge >= 0.3 is 0 Å². The molecule has 5 rings (SSSR count). The van der Waals surface area contributed by atoms with Crippen LogP contribution in [0.4, 0.5) is 0 Å². The minimum atomic E-state index is 0.281. The lowest BCUT2D eigenvalue weighted by molar-refractivity contribution is -0.00729. The standard InChI is InChI=1S/C15H17N3/c16-9-14-17-2-1-13(18-14)15-6-10-3-11(7-15)5-12(4-10)8-15/h1-2,10-12H,3-8H2. The molecule has 3 nitrogen and oxygen atoms in total. The number of hydrogen-bond acceptors (Lipinski definition) is 3. The van der Waals surface area contributed by atoms with Gasteiger partial charge in [-0.1, -0.05) is 0 Å². The molecule has 0 unspecified atom stereocenters. The van der Waals surface area contributed by atoms with Crippen LogP contribution < -0.4 is 0 Å². The van der Waals surface area contributed by atoms with E-state index in [-0.39, 0.29) is 5.41 Å². The number of nitriles is 1. The van der Waals surface area contributed by atoms with E-state index in [0.717, 1.165) is 23.4 Å². The first-order valence-corrected chi connectivity index (χ1v) is 7.01. The van der Waals surface area contributed by atoms with Crippen LogP contribution in [0.3, 0.4) is 0 Å². The van der Waals surface area contributed by atoms with E-state index in [4.69, 9.17) is 5.26 Å². The predicted octanol–water partition coefficient (Wildman–Crippen LogP) is 2.82. The summed E-state index contributed by atoms with van der Waals surface area (Å²) in [6.45, 7) is 0. The molecular formula is C15H17N3. The zero-order chi connectivity index (χ0) is 12.2. The molecule has 92 valence electrons. The van der Waals surface area contributed by atoms with Crippen LogP contribution in [0.2, 0.25) is 0 Å². The van der Waals surface area contributed by atoms with Gasteiger partial charge in [0.25, 0.3) is 0 Å². The van der Waals surface area contributed by atoms with Gasteiger partial charge in [-0.15, -0.1) is 0 Å². The number of hydrogen-bond donors (Lipinski definition) is 0. The van der Waals surface area contributed by atoms with Gasteiger partial charge in [-0.25, -0.2) is 9.97 Å². The van der Waals surface area contributed by atoms with E-state index in [1.54, 1.807) is 6.20 Å². The van der Waals surface area contributed by atoms with Crippen LogP contribution >= 0.6 is 0 Å². The highest BCUT2D eigenvalue weighted by Crippen LogP contribution is 2.60. The summed E-state index contributed by atoms with van der Waals surface area (Å²) in [6, 6.07) is 4.13. The molecule has 4 aliphatic rings. The lowest BCUT2D eigenvalue weighted by Gasteiger charge is -2.56. The molecule has 3 heteroatoms. The van der Waals surface area contributed by atoms with Crippen molar-refractivity contribution >= 4 is 0 Å². The fourth-order valence-electron chi connectivity index (χ4n) is 5.13. The third-order valence-corrected chi connectivity index (χ3v) is 5.34. The van der Waals surface area contributed by atoms with Crippen molar-refractivity contribution in [2.45, 2.75) is 43.9 Å². The molecule has 0 spiro atoms. The fourth-order valence-corrected chi connectivity index (χ4v) is 5.13. The van der Waals surface area contributed by atoms with E-state index in [9.17, 15) is 0 Å². The van der Waals surface area contributed by atoms with Crippen molar-refractivity contribution in [2.24, 2.45) is 17.8 Å². The molecular weight excluding hydrogens is 222 g/mol. The summed E-state index contributed by atoms with van der Waals surface area (Å²) in [6.07, 6.45) is 9.96. The van der Waals surface area contributed by atoms with Crippen LogP contribution in [0.1, 0.15) is 50.0 Å². The molecule has 0 N–H and O–H groups in total. The summed E-state index contributed by atoms with van der Waals surface area (Å²) in [4.78, 5) is 8.52. The Labute approximate surface area is 107 Å². The molecule has 18 heavy (non-hydrogen) atoms. The van der Waals surface area contributed by atoms with Crippen molar-refractivity contribution in [3.63, 3.8) is 0 Å². The number of nitrogens with zero attached hydrogens (tertiary/aromatic N) is 3. The molecule has 0 radical (unpaired) electrons. The Morgan fingerprint density at radius 1 is 1.11 bits per heavy atom. The lowest BCUT2D eigenvalue weighted by atomic mass is 9.49. The van der Waals surface area contributed by atoms with Crippen molar-refractivity contribution in [3.8, 4) is 6.07 Å². The van der Waals surface area contributed by atoms with Gasteiger partial charge in [-0.2, -0.15) is 5.26 Å². The first-order valence-electron chi connectivity index (χ1n) is 7.01. The zero-order valence-electron chi connectivity index (χ0n) is 10.5. The van der Waals surface area contributed by atoms with Crippen LogP contribution in [-0.2, 0) is 5.41 Å². The van der Waals surface area contributed by atoms with Gasteiger partial charge in [0.1, 0.15) is 6.07 Å².